The van der Waals surface area contributed by atoms with Gasteiger partial charge in [-0.3, -0.25) is 0 Å². The molecule has 1 saturated heterocycles. The minimum absolute atomic E-state index is 0.265. The Kier molecular flexibility index (Phi) is 3.85. The number of rotatable bonds is 2. The van der Waals surface area contributed by atoms with Gasteiger partial charge in [-0.25, -0.2) is 14.4 Å². The predicted molar refractivity (Wildman–Crippen MR) is 81.8 cm³/mol. The summed E-state index contributed by atoms with van der Waals surface area (Å²) in [5.41, 5.74) is -1.65. The molecule has 0 spiro atoms. The molecule has 114 valence electrons. The van der Waals surface area contributed by atoms with Crippen LogP contribution in [0.15, 0.2) is 12.5 Å². The summed E-state index contributed by atoms with van der Waals surface area (Å²) in [5, 5.41) is 20.0. The van der Waals surface area contributed by atoms with E-state index in [4.69, 9.17) is 16.3 Å². The van der Waals surface area contributed by atoms with Crippen LogP contribution in [0.25, 0.3) is 11.0 Å². The summed E-state index contributed by atoms with van der Waals surface area (Å²) >= 11 is 8.09. The predicted octanol–water partition coefficient (Wildman–Crippen LogP) is 1.67. The molecule has 21 heavy (non-hydrogen) atoms. The second-order valence-electron chi connectivity index (χ2n) is 5.05. The zero-order valence-corrected chi connectivity index (χ0v) is 13.8. The average molecular weight is 428 g/mol. The number of nitrogens with zero attached hydrogens (tertiary/aromatic N) is 3. The van der Waals surface area contributed by atoms with Crippen LogP contribution in [-0.4, -0.2) is 49.2 Å². The fourth-order valence-electron chi connectivity index (χ4n) is 2.55. The Hall–Kier alpha value is -0.550. The minimum atomic E-state index is -2.07. The molecule has 0 bridgehead atoms. The molecule has 1 fully saturated rings. The first-order valence-electron chi connectivity index (χ1n) is 6.17. The number of hydrogen-bond acceptors (Lipinski definition) is 5. The lowest BCUT2D eigenvalue weighted by atomic mass is 9.98. The third kappa shape index (κ3) is 2.24. The fraction of sp³-hybridized carbons (Fsp3) is 0.500. The van der Waals surface area contributed by atoms with Crippen LogP contribution < -0.4 is 0 Å². The van der Waals surface area contributed by atoms with Gasteiger partial charge >= 0.3 is 0 Å². The fourth-order valence-corrected chi connectivity index (χ4v) is 3.73. The highest BCUT2D eigenvalue weighted by Gasteiger charge is 2.55. The first kappa shape index (κ1) is 15.3. The number of ether oxygens (including phenoxy) is 1. The molecule has 0 aromatic carbocycles. The second kappa shape index (κ2) is 5.27. The van der Waals surface area contributed by atoms with Crippen LogP contribution in [0.2, 0.25) is 5.15 Å². The maximum Gasteiger partial charge on any atom is 0.181 e. The Bertz CT molecular complexity index is 696. The summed E-state index contributed by atoms with van der Waals surface area (Å²) in [5.74, 6) is 0. The lowest BCUT2D eigenvalue weighted by Crippen LogP contribution is -2.40. The first-order valence-corrected chi connectivity index (χ1v) is 7.63. The molecular formula is C12H12ClFIN3O3. The monoisotopic (exact) mass is 427 g/mol. The summed E-state index contributed by atoms with van der Waals surface area (Å²) in [6.07, 6.45) is -0.610. The van der Waals surface area contributed by atoms with Gasteiger partial charge < -0.3 is 19.5 Å². The number of hydrogen-bond donors (Lipinski definition) is 2. The highest BCUT2D eigenvalue weighted by molar-refractivity contribution is 14.1. The summed E-state index contributed by atoms with van der Waals surface area (Å²) in [6.45, 7) is 0.767. The normalized spacial score (nSPS) is 33.0. The molecule has 0 saturated carbocycles. The van der Waals surface area contributed by atoms with Crippen LogP contribution in [-0.2, 0) is 4.74 Å². The molecule has 1 aliphatic rings. The van der Waals surface area contributed by atoms with Crippen molar-refractivity contribution in [3.63, 3.8) is 0 Å². The van der Waals surface area contributed by atoms with Gasteiger partial charge in [-0.15, -0.1) is 0 Å². The number of alkyl halides is 1. The molecular weight excluding hydrogens is 416 g/mol. The Morgan fingerprint density at radius 1 is 1.57 bits per heavy atom. The van der Waals surface area contributed by atoms with E-state index in [0.29, 0.717) is 11.0 Å². The first-order chi connectivity index (χ1) is 9.87. The SMILES string of the molecule is C[C@]1(F)[C@H](O)[C@@H](CO)O[C@H]1n1cc(I)c2c(Cl)ncnc21. The largest absolute Gasteiger partial charge is 0.394 e. The molecule has 2 aromatic rings. The van der Waals surface area contributed by atoms with Gasteiger partial charge in [0.2, 0.25) is 0 Å². The van der Waals surface area contributed by atoms with Crippen molar-refractivity contribution in [1.29, 1.82) is 0 Å². The molecule has 6 nitrogen and oxygen atoms in total. The molecule has 2 aromatic heterocycles. The number of aliphatic hydroxyl groups is 2. The van der Waals surface area contributed by atoms with Crippen LogP contribution in [0.3, 0.4) is 0 Å². The van der Waals surface area contributed by atoms with Gasteiger partial charge in [0.15, 0.2) is 11.9 Å². The number of fused-ring (bicyclic) bond motifs is 1. The van der Waals surface area contributed by atoms with Gasteiger partial charge in [0.05, 0.1) is 12.0 Å². The number of halogens is 3. The van der Waals surface area contributed by atoms with Gasteiger partial charge in [-0.1, -0.05) is 11.6 Å². The Labute approximate surface area is 138 Å². The summed E-state index contributed by atoms with van der Waals surface area (Å²) in [4.78, 5) is 8.02. The molecule has 3 heterocycles. The Morgan fingerprint density at radius 3 is 2.90 bits per heavy atom. The zero-order chi connectivity index (χ0) is 15.4. The highest BCUT2D eigenvalue weighted by Crippen LogP contribution is 2.43. The Morgan fingerprint density at radius 2 is 2.29 bits per heavy atom. The van der Waals surface area contributed by atoms with Gasteiger partial charge in [-0.05, 0) is 29.5 Å². The molecule has 2 N–H and O–H groups in total. The molecule has 3 rings (SSSR count). The van der Waals surface area contributed by atoms with E-state index in [-0.39, 0.29) is 5.15 Å². The van der Waals surface area contributed by atoms with E-state index >= 15 is 0 Å². The van der Waals surface area contributed by atoms with Gasteiger partial charge in [-0.2, -0.15) is 0 Å². The Balaban J connectivity index is 2.15. The van der Waals surface area contributed by atoms with E-state index in [0.717, 1.165) is 3.57 Å². The van der Waals surface area contributed by atoms with E-state index in [1.165, 1.54) is 17.8 Å². The molecule has 1 aliphatic heterocycles. The van der Waals surface area contributed by atoms with Crippen LogP contribution >= 0.6 is 34.2 Å². The molecule has 0 amide bonds. The smallest absolute Gasteiger partial charge is 0.181 e. The topological polar surface area (TPSA) is 80.4 Å². The highest BCUT2D eigenvalue weighted by atomic mass is 127. The average Bonchev–Trinajstić information content (AvgIpc) is 2.87. The van der Waals surface area contributed by atoms with Crippen molar-refractivity contribution in [3.05, 3.63) is 21.2 Å². The number of aromatic nitrogens is 3. The molecule has 0 aliphatic carbocycles. The van der Waals surface area contributed by atoms with Gasteiger partial charge in [0.25, 0.3) is 0 Å². The summed E-state index contributed by atoms with van der Waals surface area (Å²) in [7, 11) is 0. The second-order valence-corrected chi connectivity index (χ2v) is 6.57. The number of aliphatic hydroxyl groups excluding tert-OH is 2. The zero-order valence-electron chi connectivity index (χ0n) is 10.9. The van der Waals surface area contributed by atoms with Crippen LogP contribution in [0.4, 0.5) is 4.39 Å². The molecule has 4 atom stereocenters. The van der Waals surface area contributed by atoms with Gasteiger partial charge in [0, 0.05) is 9.77 Å². The van der Waals surface area contributed by atoms with Crippen molar-refractivity contribution < 1.29 is 19.3 Å². The third-order valence-corrected chi connectivity index (χ3v) is 4.77. The lowest BCUT2D eigenvalue weighted by molar-refractivity contribution is -0.0564. The summed E-state index contributed by atoms with van der Waals surface area (Å²) in [6, 6.07) is 0. The van der Waals surface area contributed by atoms with Gasteiger partial charge in [0.1, 0.15) is 29.3 Å². The molecule has 0 radical (unpaired) electrons. The van der Waals surface area contributed by atoms with E-state index < -0.39 is 30.7 Å². The van der Waals surface area contributed by atoms with Crippen molar-refractivity contribution >= 4 is 45.2 Å². The van der Waals surface area contributed by atoms with Crippen LogP contribution in [0.1, 0.15) is 13.2 Å². The maximum atomic E-state index is 14.8. The third-order valence-electron chi connectivity index (χ3n) is 3.67. The van der Waals surface area contributed by atoms with Crippen molar-refractivity contribution in [3.8, 4) is 0 Å². The van der Waals surface area contributed by atoms with Crippen molar-refractivity contribution in [2.75, 3.05) is 6.61 Å². The van der Waals surface area contributed by atoms with Crippen molar-refractivity contribution in [1.82, 2.24) is 14.5 Å². The summed E-state index contributed by atoms with van der Waals surface area (Å²) < 4.78 is 22.5. The quantitative estimate of drug-likeness (QED) is 0.563. The lowest BCUT2D eigenvalue weighted by Gasteiger charge is -2.25. The molecule has 0 unspecified atom stereocenters. The maximum absolute atomic E-state index is 14.8. The molecule has 9 heteroatoms. The van der Waals surface area contributed by atoms with Crippen LogP contribution in [0, 0.1) is 3.57 Å². The minimum Gasteiger partial charge on any atom is -0.394 e. The van der Waals surface area contributed by atoms with E-state index in [1.807, 2.05) is 22.6 Å². The van der Waals surface area contributed by atoms with E-state index in [2.05, 4.69) is 9.97 Å². The van der Waals surface area contributed by atoms with E-state index in [9.17, 15) is 14.6 Å². The van der Waals surface area contributed by atoms with Crippen molar-refractivity contribution in [2.24, 2.45) is 0 Å². The van der Waals surface area contributed by atoms with E-state index in [1.54, 1.807) is 6.20 Å². The van der Waals surface area contributed by atoms with Crippen molar-refractivity contribution in [2.45, 2.75) is 31.0 Å². The standard InChI is InChI=1S/C12H12ClFIN3O3/c1-12(14)8(20)6(3-19)21-11(12)18-2-5(15)7-9(13)16-4-17-10(7)18/h2,4,6,8,11,19-20H,3H2,1H3/t6-,8-,11-,12+/m1/s1. The van der Waals surface area contributed by atoms with Crippen LogP contribution in [0.5, 0.6) is 0 Å².